The van der Waals surface area contributed by atoms with Gasteiger partial charge in [-0.25, -0.2) is 13.4 Å². The lowest BCUT2D eigenvalue weighted by atomic mass is 9.87. The third-order valence-corrected chi connectivity index (χ3v) is 14.6. The number of ether oxygens (including phenoxy) is 2. The summed E-state index contributed by atoms with van der Waals surface area (Å²) in [5, 5.41) is 6.87. The molecular weight excluding hydrogens is 787 g/mol. The second kappa shape index (κ2) is 16.2. The highest BCUT2D eigenvalue weighted by molar-refractivity contribution is 7.91. The number of nitrogens with zero attached hydrogens (tertiary/aromatic N) is 4. The van der Waals surface area contributed by atoms with E-state index >= 15 is 4.79 Å². The number of anilines is 2. The predicted octanol–water partition coefficient (Wildman–Crippen LogP) is 3.77. The van der Waals surface area contributed by atoms with Crippen LogP contribution >= 0.6 is 0 Å². The van der Waals surface area contributed by atoms with Crippen molar-refractivity contribution in [2.24, 2.45) is 17.8 Å². The van der Waals surface area contributed by atoms with E-state index in [9.17, 15) is 22.8 Å². The Bertz CT molecular complexity index is 2320. The van der Waals surface area contributed by atoms with Gasteiger partial charge in [-0.15, -0.1) is 0 Å². The van der Waals surface area contributed by atoms with Gasteiger partial charge in [0, 0.05) is 61.7 Å². The van der Waals surface area contributed by atoms with Gasteiger partial charge in [0.2, 0.25) is 27.7 Å². The first-order valence-electron chi connectivity index (χ1n) is 21.0. The molecule has 2 aromatic carbocycles. The number of allylic oxidation sites excluding steroid dienone is 1. The minimum atomic E-state index is -3.91. The maximum absolute atomic E-state index is 15.1. The molecule has 2 saturated carbocycles. The fourth-order valence-corrected chi connectivity index (χ4v) is 10.3. The lowest BCUT2D eigenvalue weighted by Crippen LogP contribution is -2.59. The zero-order chi connectivity index (χ0) is 42.5. The maximum atomic E-state index is 15.1. The van der Waals surface area contributed by atoms with Crippen molar-refractivity contribution in [2.75, 3.05) is 50.6 Å². The summed E-state index contributed by atoms with van der Waals surface area (Å²) in [6, 6.07) is 10.7. The first kappa shape index (κ1) is 41.4. The van der Waals surface area contributed by atoms with Gasteiger partial charge in [-0.1, -0.05) is 26.0 Å². The molecule has 3 aromatic rings. The number of sulfonamides is 1. The van der Waals surface area contributed by atoms with Crippen molar-refractivity contribution < 1.29 is 37.1 Å². The van der Waals surface area contributed by atoms with Gasteiger partial charge in [-0.2, -0.15) is 0 Å². The van der Waals surface area contributed by atoms with Crippen LogP contribution in [0.5, 0.6) is 11.6 Å². The largest absolute Gasteiger partial charge is 0.489 e. The zero-order valence-electron chi connectivity index (χ0n) is 34.8. The van der Waals surface area contributed by atoms with Gasteiger partial charge in [0.05, 0.1) is 24.0 Å². The van der Waals surface area contributed by atoms with Crippen molar-refractivity contribution in [2.45, 2.75) is 87.8 Å². The Morgan fingerprint density at radius 2 is 1.78 bits per heavy atom. The van der Waals surface area contributed by atoms with E-state index in [2.05, 4.69) is 32.2 Å². The molecule has 8 rings (SSSR count). The summed E-state index contributed by atoms with van der Waals surface area (Å²) in [5.41, 5.74) is 0.735. The Morgan fingerprint density at radius 1 is 1.02 bits per heavy atom. The smallest absolute Gasteiger partial charge is 0.259 e. The van der Waals surface area contributed by atoms with Crippen LogP contribution in [0.15, 0.2) is 60.8 Å². The van der Waals surface area contributed by atoms with Crippen molar-refractivity contribution in [3.8, 4) is 11.6 Å². The summed E-state index contributed by atoms with van der Waals surface area (Å²) < 4.78 is 40.9. The van der Waals surface area contributed by atoms with Crippen molar-refractivity contribution in [1.29, 1.82) is 0 Å². The molecule has 15 nitrogen and oxygen atoms in total. The van der Waals surface area contributed by atoms with E-state index in [1.54, 1.807) is 18.3 Å². The van der Waals surface area contributed by atoms with Crippen molar-refractivity contribution in [3.05, 3.63) is 66.4 Å². The molecule has 3 fully saturated rings. The number of fused-ring (bicyclic) bond motifs is 5. The first-order valence-corrected chi connectivity index (χ1v) is 22.6. The molecule has 1 saturated heterocycles. The number of rotatable bonds is 8. The predicted molar refractivity (Wildman–Crippen MR) is 227 cm³/mol. The van der Waals surface area contributed by atoms with Crippen LogP contribution in [0.4, 0.5) is 11.4 Å². The van der Waals surface area contributed by atoms with Crippen LogP contribution in [0.1, 0.15) is 69.2 Å². The highest BCUT2D eigenvalue weighted by Gasteiger charge is 2.62. The molecule has 0 bridgehead atoms. The Hall–Kier alpha value is -5.38. The number of hydrogen-bond acceptors (Lipinski definition) is 11. The molecule has 5 aliphatic rings. The minimum absolute atomic E-state index is 0.00999. The number of carbonyl (C=O) groups is 4. The number of carbonyl (C=O) groups excluding carboxylic acids is 4. The monoisotopic (exact) mass is 841 g/mol. The summed E-state index contributed by atoms with van der Waals surface area (Å²) in [7, 11) is 1.92. The molecule has 4 heterocycles. The van der Waals surface area contributed by atoms with Crippen molar-refractivity contribution in [1.82, 2.24) is 25.2 Å². The SMILES string of the molecule is C[C@H]1CCC=C[C@@H]2C[C@@]2(C(=O)NS(=O)(=O)C2CC2)NC(=O)[C@@H]2C[C@@H](Oc3nccc4c5c(ccc34)N(C)CCO5)CN2C(=O)[C@@H](NC(=O)c2ccc(N(C)C)cc2)[C@H](C)C1. The van der Waals surface area contributed by atoms with Gasteiger partial charge in [-0.05, 0) is 92.8 Å². The number of hydrogen-bond donors (Lipinski definition) is 3. The van der Waals surface area contributed by atoms with Gasteiger partial charge < -0.3 is 34.8 Å². The van der Waals surface area contributed by atoms with Crippen molar-refractivity contribution >= 4 is 55.8 Å². The summed E-state index contributed by atoms with van der Waals surface area (Å²) in [5.74, 6) is -1.83. The van der Waals surface area contributed by atoms with E-state index in [0.29, 0.717) is 49.1 Å². The quantitative estimate of drug-likeness (QED) is 0.281. The van der Waals surface area contributed by atoms with Crippen LogP contribution in [-0.4, -0.2) is 112 Å². The van der Waals surface area contributed by atoms with Gasteiger partial charge in [0.1, 0.15) is 30.3 Å². The molecule has 1 aromatic heterocycles. The second-order valence-electron chi connectivity index (χ2n) is 17.5. The van der Waals surface area contributed by atoms with Crippen LogP contribution in [0, 0.1) is 17.8 Å². The Kier molecular flexibility index (Phi) is 11.2. The Balaban J connectivity index is 1.13. The van der Waals surface area contributed by atoms with Crippen LogP contribution in [0.3, 0.4) is 0 Å². The van der Waals surface area contributed by atoms with Gasteiger partial charge in [0.25, 0.3) is 11.8 Å². The van der Waals surface area contributed by atoms with E-state index in [0.717, 1.165) is 35.5 Å². The first-order chi connectivity index (χ1) is 28.6. The van der Waals surface area contributed by atoms with Crippen LogP contribution in [-0.2, 0) is 24.4 Å². The van der Waals surface area contributed by atoms with Gasteiger partial charge >= 0.3 is 0 Å². The van der Waals surface area contributed by atoms with Crippen molar-refractivity contribution in [3.63, 3.8) is 0 Å². The highest BCUT2D eigenvalue weighted by atomic mass is 32.2. The molecule has 320 valence electrons. The molecule has 0 spiro atoms. The molecule has 7 atom stereocenters. The van der Waals surface area contributed by atoms with Crippen LogP contribution in [0.2, 0.25) is 0 Å². The standard InChI is InChI=1S/C44H55N7O8S/c1-26-8-6-7-9-29-24-44(29,43(55)48-60(56,57)32-14-15-32)47-40(53)36-23-31(59-41-34-16-17-35-38(33(34)18-19-45-41)58-21-20-50(35)5)25-51(36)42(54)37(27(2)22-26)46-39(52)28-10-12-30(13-11-28)49(3)4/h7,9-13,16-19,26-27,29,31-32,36-37H,6,8,14-15,20-25H2,1-5H3,(H,46,52)(H,47,53)(H,48,55)/t26-,27+,29+,31+,36-,37-,44+/m0/s1. The number of likely N-dealkylation sites (N-methyl/N-ethyl adjacent to an activating group) is 1. The summed E-state index contributed by atoms with van der Waals surface area (Å²) in [6.45, 7) is 5.31. The number of pyridine rings is 1. The Labute approximate surface area is 351 Å². The third kappa shape index (κ3) is 8.22. The maximum Gasteiger partial charge on any atom is 0.259 e. The lowest BCUT2D eigenvalue weighted by Gasteiger charge is -2.33. The zero-order valence-corrected chi connectivity index (χ0v) is 35.7. The normalized spacial score (nSPS) is 28.2. The molecular formula is C44H55N7O8S. The molecule has 3 aliphatic heterocycles. The topological polar surface area (TPSA) is 180 Å². The number of benzene rings is 2. The Morgan fingerprint density at radius 3 is 2.52 bits per heavy atom. The van der Waals surface area contributed by atoms with E-state index in [1.807, 2.05) is 75.5 Å². The van der Waals surface area contributed by atoms with Gasteiger partial charge in [0.15, 0.2) is 5.75 Å². The average molecular weight is 842 g/mol. The molecule has 16 heteroatoms. The van der Waals surface area contributed by atoms with E-state index < -0.39 is 68.5 Å². The molecule has 0 radical (unpaired) electrons. The van der Waals surface area contributed by atoms with Crippen LogP contribution in [0.25, 0.3) is 10.8 Å². The lowest BCUT2D eigenvalue weighted by molar-refractivity contribution is -0.142. The molecule has 0 unspecified atom stereocenters. The average Bonchev–Trinajstić information content (AvgIpc) is 4.15. The van der Waals surface area contributed by atoms with E-state index in [4.69, 9.17) is 9.47 Å². The minimum Gasteiger partial charge on any atom is -0.489 e. The molecule has 4 amide bonds. The number of amides is 4. The van der Waals surface area contributed by atoms with Crippen LogP contribution < -0.4 is 34.6 Å². The fourth-order valence-electron chi connectivity index (χ4n) is 8.93. The number of aromatic nitrogens is 1. The highest BCUT2D eigenvalue weighted by Crippen LogP contribution is 2.46. The third-order valence-electron chi connectivity index (χ3n) is 12.8. The summed E-state index contributed by atoms with van der Waals surface area (Å²) >= 11 is 0. The number of nitrogens with one attached hydrogen (secondary N) is 3. The van der Waals surface area contributed by atoms with E-state index in [1.165, 1.54) is 4.90 Å². The summed E-state index contributed by atoms with van der Waals surface area (Å²) in [4.78, 5) is 67.6. The molecule has 3 N–H and O–H groups in total. The molecule has 2 aliphatic carbocycles. The molecule has 60 heavy (non-hydrogen) atoms. The van der Waals surface area contributed by atoms with Gasteiger partial charge in [-0.3, -0.25) is 23.9 Å². The van der Waals surface area contributed by atoms with E-state index in [-0.39, 0.29) is 31.2 Å². The summed E-state index contributed by atoms with van der Waals surface area (Å²) in [6.07, 6.45) is 8.08. The fraction of sp³-hybridized carbons (Fsp3) is 0.523. The second-order valence-corrected chi connectivity index (χ2v) is 19.5.